The number of amides is 2. The zero-order chi connectivity index (χ0) is 26.8. The van der Waals surface area contributed by atoms with E-state index in [0.717, 1.165) is 38.5 Å². The van der Waals surface area contributed by atoms with E-state index in [2.05, 4.69) is 5.32 Å². The highest BCUT2D eigenvalue weighted by atomic mass is 16.5. The molecule has 2 aliphatic carbocycles. The highest BCUT2D eigenvalue weighted by Crippen LogP contribution is 2.51. The van der Waals surface area contributed by atoms with Gasteiger partial charge in [-0.25, -0.2) is 0 Å². The van der Waals surface area contributed by atoms with E-state index in [9.17, 15) is 24.9 Å². The summed E-state index contributed by atoms with van der Waals surface area (Å²) in [6.45, 7) is 0.591. The molecular formula is C28H38N2O8. The van der Waals surface area contributed by atoms with Crippen molar-refractivity contribution in [1.82, 2.24) is 10.2 Å². The van der Waals surface area contributed by atoms with Crippen molar-refractivity contribution in [2.45, 2.75) is 75.4 Å². The zero-order valence-electron chi connectivity index (χ0n) is 21.8. The summed E-state index contributed by atoms with van der Waals surface area (Å²) in [6.07, 6.45) is 4.98. The van der Waals surface area contributed by atoms with Gasteiger partial charge in [-0.3, -0.25) is 9.59 Å². The summed E-state index contributed by atoms with van der Waals surface area (Å²) in [5, 5.41) is 33.6. The summed E-state index contributed by atoms with van der Waals surface area (Å²) in [7, 11) is 1.50. The molecule has 0 bridgehead atoms. The lowest BCUT2D eigenvalue weighted by molar-refractivity contribution is -0.143. The van der Waals surface area contributed by atoms with Crippen LogP contribution in [0.3, 0.4) is 0 Å². The van der Waals surface area contributed by atoms with Crippen LogP contribution in [0.15, 0.2) is 23.8 Å². The predicted octanol–water partition coefficient (Wildman–Crippen LogP) is 1.01. The maximum absolute atomic E-state index is 13.8. The Morgan fingerprint density at radius 2 is 1.95 bits per heavy atom. The predicted molar refractivity (Wildman–Crippen MR) is 137 cm³/mol. The van der Waals surface area contributed by atoms with Gasteiger partial charge in [-0.15, -0.1) is 0 Å². The molecule has 1 aromatic carbocycles. The Morgan fingerprint density at radius 3 is 2.61 bits per heavy atom. The number of fused-ring (bicyclic) bond motifs is 3. The van der Waals surface area contributed by atoms with Crippen molar-refractivity contribution in [3.8, 4) is 11.5 Å². The van der Waals surface area contributed by atoms with Crippen LogP contribution < -0.4 is 14.8 Å². The smallest absolute Gasteiger partial charge is 0.247 e. The molecule has 1 aromatic rings. The van der Waals surface area contributed by atoms with Gasteiger partial charge in [-0.1, -0.05) is 12.8 Å². The molecule has 4 aliphatic rings. The molecule has 10 heteroatoms. The van der Waals surface area contributed by atoms with E-state index >= 15 is 0 Å². The van der Waals surface area contributed by atoms with Crippen LogP contribution in [-0.2, 0) is 20.9 Å². The number of carbonyl (C=O) groups excluding carboxylic acids is 2. The Kier molecular flexibility index (Phi) is 8.23. The molecular weight excluding hydrogens is 492 g/mol. The van der Waals surface area contributed by atoms with Crippen LogP contribution in [0.25, 0.3) is 0 Å². The Morgan fingerprint density at radius 1 is 1.16 bits per heavy atom. The summed E-state index contributed by atoms with van der Waals surface area (Å²) in [5.74, 6) is -0.369. The lowest BCUT2D eigenvalue weighted by Crippen LogP contribution is -2.58. The number of rotatable bonds is 9. The largest absolute Gasteiger partial charge is 0.493 e. The third kappa shape index (κ3) is 5.02. The maximum Gasteiger partial charge on any atom is 0.247 e. The van der Waals surface area contributed by atoms with Gasteiger partial charge >= 0.3 is 0 Å². The van der Waals surface area contributed by atoms with Crippen molar-refractivity contribution in [3.05, 3.63) is 34.9 Å². The Balaban J connectivity index is 1.56. The molecule has 1 saturated heterocycles. The first-order valence-electron chi connectivity index (χ1n) is 13.7. The van der Waals surface area contributed by atoms with Crippen molar-refractivity contribution in [3.63, 3.8) is 0 Å². The summed E-state index contributed by atoms with van der Waals surface area (Å²) in [6, 6.07) is 2.64. The van der Waals surface area contributed by atoms with E-state index in [-0.39, 0.29) is 37.7 Å². The number of methoxy groups -OCH3 is 1. The van der Waals surface area contributed by atoms with Crippen LogP contribution >= 0.6 is 0 Å². The average molecular weight is 531 g/mol. The van der Waals surface area contributed by atoms with Gasteiger partial charge in [-0.05, 0) is 49.5 Å². The highest BCUT2D eigenvalue weighted by molar-refractivity contribution is 5.96. The van der Waals surface area contributed by atoms with E-state index < -0.39 is 30.1 Å². The number of aliphatic hydroxyl groups excluding tert-OH is 3. The molecule has 5 rings (SSSR count). The molecule has 5 atom stereocenters. The molecule has 0 radical (unpaired) electrons. The number of benzene rings is 1. The van der Waals surface area contributed by atoms with Crippen LogP contribution in [0.5, 0.6) is 11.5 Å². The number of carbonyl (C=O) groups is 2. The van der Waals surface area contributed by atoms with Gasteiger partial charge in [-0.2, -0.15) is 0 Å². The molecule has 1 saturated carbocycles. The summed E-state index contributed by atoms with van der Waals surface area (Å²) < 4.78 is 17.7. The topological polar surface area (TPSA) is 138 Å². The van der Waals surface area contributed by atoms with Crippen LogP contribution in [0.1, 0.15) is 55.6 Å². The molecule has 208 valence electrons. The minimum Gasteiger partial charge on any atom is -0.493 e. The van der Waals surface area contributed by atoms with Crippen LogP contribution in [0, 0.1) is 5.92 Å². The quantitative estimate of drug-likeness (QED) is 0.371. The van der Waals surface area contributed by atoms with Crippen molar-refractivity contribution in [1.29, 1.82) is 0 Å². The second kappa shape index (κ2) is 11.6. The van der Waals surface area contributed by atoms with Crippen molar-refractivity contribution in [2.24, 2.45) is 5.92 Å². The summed E-state index contributed by atoms with van der Waals surface area (Å²) in [5.41, 5.74) is 1.58. The lowest BCUT2D eigenvalue weighted by Gasteiger charge is -2.42. The van der Waals surface area contributed by atoms with E-state index in [1.54, 1.807) is 23.1 Å². The molecule has 5 unspecified atom stereocenters. The highest BCUT2D eigenvalue weighted by Gasteiger charge is 2.52. The number of hydrogen-bond donors (Lipinski definition) is 4. The Hall–Kier alpha value is -2.66. The van der Waals surface area contributed by atoms with E-state index in [1.807, 2.05) is 0 Å². The minimum absolute atomic E-state index is 0.0254. The fourth-order valence-corrected chi connectivity index (χ4v) is 6.39. The van der Waals surface area contributed by atoms with Crippen molar-refractivity contribution >= 4 is 11.8 Å². The number of ether oxygens (including phenoxy) is 3. The van der Waals surface area contributed by atoms with Crippen LogP contribution in [0.2, 0.25) is 0 Å². The first-order valence-corrected chi connectivity index (χ1v) is 13.7. The Labute approximate surface area is 222 Å². The van der Waals surface area contributed by atoms with Gasteiger partial charge in [0.2, 0.25) is 11.8 Å². The normalized spacial score (nSPS) is 28.3. The summed E-state index contributed by atoms with van der Waals surface area (Å²) >= 11 is 0. The lowest BCUT2D eigenvalue weighted by atomic mass is 9.77. The number of nitrogens with zero attached hydrogens (tertiary/aromatic N) is 1. The molecule has 10 nitrogen and oxygen atoms in total. The molecule has 2 heterocycles. The van der Waals surface area contributed by atoms with E-state index in [1.165, 1.54) is 7.11 Å². The van der Waals surface area contributed by atoms with Gasteiger partial charge < -0.3 is 39.7 Å². The third-order valence-electron chi connectivity index (χ3n) is 8.27. The molecule has 2 amide bonds. The minimum atomic E-state index is -1.11. The summed E-state index contributed by atoms with van der Waals surface area (Å²) in [4.78, 5) is 29.0. The molecule has 38 heavy (non-hydrogen) atoms. The Bertz CT molecular complexity index is 1060. The molecule has 2 fully saturated rings. The van der Waals surface area contributed by atoms with Crippen molar-refractivity contribution < 1.29 is 39.1 Å². The third-order valence-corrected chi connectivity index (χ3v) is 8.27. The second-order valence-electron chi connectivity index (χ2n) is 10.6. The first-order chi connectivity index (χ1) is 18.5. The fourth-order valence-electron chi connectivity index (χ4n) is 6.39. The standard InChI is InChI=1S/C28H38N2O8/c1-36-22-12-16(15-32)11-19-23-20(27(34)29-8-9-31)13-21(24(33)26(23)38-25(19)22)30(14-18-7-4-10-37-18)28(35)17-5-2-3-6-17/h11-13,17-18,21,23-24,26,31-33H,2-10,14-15H2,1H3,(H,29,34). The number of hydrogen-bond acceptors (Lipinski definition) is 8. The van der Waals surface area contributed by atoms with E-state index in [0.29, 0.717) is 41.4 Å². The van der Waals surface area contributed by atoms with Gasteiger partial charge in [0, 0.05) is 36.8 Å². The monoisotopic (exact) mass is 530 g/mol. The van der Waals surface area contributed by atoms with Gasteiger partial charge in [0.1, 0.15) is 12.2 Å². The molecule has 4 N–H and O–H groups in total. The zero-order valence-corrected chi connectivity index (χ0v) is 21.8. The average Bonchev–Trinajstić information content (AvgIpc) is 3.71. The van der Waals surface area contributed by atoms with Gasteiger partial charge in [0.05, 0.1) is 38.4 Å². The SMILES string of the molecule is COc1cc(CO)cc2c1OC1C2C(C(=O)NCCO)=CC(N(CC2CCCO2)C(=O)C2CCCC2)C1O. The first kappa shape index (κ1) is 26.9. The maximum atomic E-state index is 13.8. The molecule has 2 aliphatic heterocycles. The number of nitrogens with one attached hydrogen (secondary N) is 1. The fraction of sp³-hybridized carbons (Fsp3) is 0.643. The van der Waals surface area contributed by atoms with E-state index in [4.69, 9.17) is 14.2 Å². The van der Waals surface area contributed by atoms with Crippen LogP contribution in [0.4, 0.5) is 0 Å². The number of aliphatic hydroxyl groups is 3. The van der Waals surface area contributed by atoms with Crippen LogP contribution in [-0.4, -0.2) is 89.8 Å². The van der Waals surface area contributed by atoms with Gasteiger partial charge in [0.15, 0.2) is 11.5 Å². The molecule has 0 aromatic heterocycles. The second-order valence-corrected chi connectivity index (χ2v) is 10.6. The van der Waals surface area contributed by atoms with Gasteiger partial charge in [0.25, 0.3) is 0 Å². The van der Waals surface area contributed by atoms with Crippen molar-refractivity contribution in [2.75, 3.05) is 33.4 Å². The molecule has 0 spiro atoms.